The molecule has 164 valence electrons. The van der Waals surface area contributed by atoms with Crippen molar-refractivity contribution >= 4 is 49.9 Å². The summed E-state index contributed by atoms with van der Waals surface area (Å²) in [5.74, 6) is 0.470. The summed E-state index contributed by atoms with van der Waals surface area (Å²) >= 11 is 4.17. The van der Waals surface area contributed by atoms with E-state index in [1.807, 2.05) is 0 Å². The zero-order valence-electron chi connectivity index (χ0n) is 17.7. The van der Waals surface area contributed by atoms with Crippen molar-refractivity contribution in [3.63, 3.8) is 0 Å². The normalized spacial score (nSPS) is 15.2. The van der Waals surface area contributed by atoms with Gasteiger partial charge in [-0.1, -0.05) is 48.9 Å². The number of azo groups is 1. The van der Waals surface area contributed by atoms with Gasteiger partial charge in [-0.25, -0.2) is 14.8 Å². The van der Waals surface area contributed by atoms with Gasteiger partial charge in [0.2, 0.25) is 10.3 Å². The van der Waals surface area contributed by atoms with Crippen molar-refractivity contribution in [3.8, 4) is 0 Å². The highest BCUT2D eigenvalue weighted by Crippen LogP contribution is 2.43. The van der Waals surface area contributed by atoms with Crippen molar-refractivity contribution in [3.05, 3.63) is 17.2 Å². The summed E-state index contributed by atoms with van der Waals surface area (Å²) < 4.78 is 4.31. The lowest BCUT2D eigenvalue weighted by molar-refractivity contribution is -0.263. The number of nitrogens with zero attached hydrogens (tertiary/aromatic N) is 6. The maximum absolute atomic E-state index is 4.98. The first-order valence-corrected chi connectivity index (χ1v) is 12.6. The molecule has 30 heavy (non-hydrogen) atoms. The van der Waals surface area contributed by atoms with E-state index in [0.717, 1.165) is 33.8 Å². The Hall–Kier alpha value is -1.40. The Labute approximate surface area is 189 Å². The Morgan fingerprint density at radius 2 is 1.97 bits per heavy atom. The summed E-state index contributed by atoms with van der Waals surface area (Å²) in [6.07, 6.45) is 6.18. The molecule has 0 N–H and O–H groups in total. The Morgan fingerprint density at radius 3 is 2.67 bits per heavy atom. The lowest BCUT2D eigenvalue weighted by Crippen LogP contribution is -2.21. The molecule has 1 aliphatic carbocycles. The van der Waals surface area contributed by atoms with Crippen LogP contribution in [0.15, 0.2) is 26.9 Å². The maximum atomic E-state index is 4.98. The highest BCUT2D eigenvalue weighted by Gasteiger charge is 2.24. The molecule has 0 bridgehead atoms. The van der Waals surface area contributed by atoms with Crippen molar-refractivity contribution in [2.24, 2.45) is 10.2 Å². The van der Waals surface area contributed by atoms with Gasteiger partial charge in [0.25, 0.3) is 0 Å². The third-order valence-electron chi connectivity index (χ3n) is 4.85. The second kappa shape index (κ2) is 11.8. The van der Waals surface area contributed by atoms with E-state index in [2.05, 4.69) is 49.8 Å². The van der Waals surface area contributed by atoms with Crippen LogP contribution in [0.4, 0.5) is 15.3 Å². The number of aromatic nitrogens is 3. The van der Waals surface area contributed by atoms with Gasteiger partial charge in [0, 0.05) is 35.4 Å². The first-order valence-electron chi connectivity index (χ1n) is 10.2. The van der Waals surface area contributed by atoms with Gasteiger partial charge in [0.05, 0.1) is 12.8 Å². The van der Waals surface area contributed by atoms with Gasteiger partial charge in [0.15, 0.2) is 10.1 Å². The number of thiazole rings is 1. The number of hydrogen-bond donors (Lipinski definition) is 0. The third-order valence-corrected chi connectivity index (χ3v) is 7.35. The van der Waals surface area contributed by atoms with E-state index >= 15 is 0 Å². The second-order valence-electron chi connectivity index (χ2n) is 6.82. The molecule has 0 radical (unpaired) electrons. The molecule has 0 unspecified atom stereocenters. The van der Waals surface area contributed by atoms with Gasteiger partial charge in [-0.05, 0) is 26.7 Å². The van der Waals surface area contributed by atoms with Crippen LogP contribution in [0.3, 0.4) is 0 Å². The molecule has 1 aliphatic rings. The molecule has 2 heterocycles. The fourth-order valence-electron chi connectivity index (χ4n) is 3.31. The van der Waals surface area contributed by atoms with E-state index < -0.39 is 0 Å². The molecule has 0 amide bonds. The highest BCUT2D eigenvalue weighted by molar-refractivity contribution is 8.03. The average Bonchev–Trinajstić information content (AvgIpc) is 3.39. The minimum atomic E-state index is 0.275. The standard InChI is InChI=1S/C19H28N6O2S3/c1-5-25(6-2)19-20-15(14-10-8-7-9-11-14)16(29-19)22-23-17-21-18(24-30-17)28-13(3)12-27-26-4/h14H,3,5-12H2,1-2,4H3/b23-22-. The quantitative estimate of drug-likeness (QED) is 0.161. The highest BCUT2D eigenvalue weighted by atomic mass is 32.2. The predicted molar refractivity (Wildman–Crippen MR) is 124 cm³/mol. The van der Waals surface area contributed by atoms with Crippen molar-refractivity contribution < 1.29 is 9.78 Å². The van der Waals surface area contributed by atoms with Crippen molar-refractivity contribution in [2.45, 2.75) is 57.0 Å². The van der Waals surface area contributed by atoms with Gasteiger partial charge < -0.3 is 4.90 Å². The number of thioether (sulfide) groups is 1. The third kappa shape index (κ3) is 6.30. The van der Waals surface area contributed by atoms with Crippen LogP contribution < -0.4 is 4.90 Å². The van der Waals surface area contributed by atoms with Crippen LogP contribution in [-0.2, 0) is 9.78 Å². The minimum absolute atomic E-state index is 0.275. The van der Waals surface area contributed by atoms with Crippen LogP contribution in [0.1, 0.15) is 57.6 Å². The summed E-state index contributed by atoms with van der Waals surface area (Å²) in [6, 6.07) is 0. The summed E-state index contributed by atoms with van der Waals surface area (Å²) in [7, 11) is 1.46. The van der Waals surface area contributed by atoms with Crippen LogP contribution in [0, 0.1) is 0 Å². The van der Waals surface area contributed by atoms with Crippen LogP contribution in [0.5, 0.6) is 0 Å². The predicted octanol–water partition coefficient (Wildman–Crippen LogP) is 6.49. The van der Waals surface area contributed by atoms with Crippen LogP contribution in [-0.4, -0.2) is 41.1 Å². The molecular weight excluding hydrogens is 440 g/mol. The van der Waals surface area contributed by atoms with E-state index in [9.17, 15) is 0 Å². The molecule has 3 rings (SSSR count). The summed E-state index contributed by atoms with van der Waals surface area (Å²) in [6.45, 7) is 10.3. The Kier molecular flexibility index (Phi) is 9.19. The van der Waals surface area contributed by atoms with E-state index in [1.54, 1.807) is 11.3 Å². The molecule has 2 aromatic heterocycles. The number of rotatable bonds is 11. The lowest BCUT2D eigenvalue weighted by Gasteiger charge is -2.20. The molecule has 1 fully saturated rings. The molecule has 8 nitrogen and oxygen atoms in total. The maximum Gasteiger partial charge on any atom is 0.250 e. The van der Waals surface area contributed by atoms with Gasteiger partial charge in [-0.3, -0.25) is 0 Å². The molecule has 11 heteroatoms. The average molecular weight is 469 g/mol. The van der Waals surface area contributed by atoms with Crippen LogP contribution >= 0.6 is 34.6 Å². The van der Waals surface area contributed by atoms with Crippen LogP contribution in [0.2, 0.25) is 0 Å². The molecule has 0 spiro atoms. The first kappa shape index (κ1) is 23.3. The summed E-state index contributed by atoms with van der Waals surface area (Å²) in [5, 5.41) is 11.9. The van der Waals surface area contributed by atoms with Crippen molar-refractivity contribution in [1.82, 2.24) is 14.3 Å². The Balaban J connectivity index is 1.76. The van der Waals surface area contributed by atoms with E-state index in [1.165, 1.54) is 62.5 Å². The molecular formula is C19H28N6O2S3. The molecule has 0 aliphatic heterocycles. The van der Waals surface area contributed by atoms with E-state index in [-0.39, 0.29) is 6.61 Å². The zero-order chi connectivity index (χ0) is 21.3. The van der Waals surface area contributed by atoms with Crippen molar-refractivity contribution in [1.29, 1.82) is 0 Å². The topological polar surface area (TPSA) is 85.1 Å². The largest absolute Gasteiger partial charge is 0.349 e. The lowest BCUT2D eigenvalue weighted by atomic mass is 9.87. The number of anilines is 1. The molecule has 2 aromatic rings. The minimum Gasteiger partial charge on any atom is -0.349 e. The fraction of sp³-hybridized carbons (Fsp3) is 0.632. The molecule has 0 atom stereocenters. The van der Waals surface area contributed by atoms with Gasteiger partial charge >= 0.3 is 0 Å². The van der Waals surface area contributed by atoms with E-state index in [0.29, 0.717) is 16.2 Å². The van der Waals surface area contributed by atoms with Crippen molar-refractivity contribution in [2.75, 3.05) is 31.7 Å². The zero-order valence-corrected chi connectivity index (χ0v) is 20.1. The molecule has 0 aromatic carbocycles. The van der Waals surface area contributed by atoms with Crippen LogP contribution in [0.25, 0.3) is 0 Å². The summed E-state index contributed by atoms with van der Waals surface area (Å²) in [5.41, 5.74) is 1.09. The fourth-order valence-corrected chi connectivity index (χ4v) is 5.64. The Morgan fingerprint density at radius 1 is 1.20 bits per heavy atom. The molecule has 0 saturated heterocycles. The first-order chi connectivity index (χ1) is 14.6. The summed E-state index contributed by atoms with van der Waals surface area (Å²) in [4.78, 5) is 21.9. The van der Waals surface area contributed by atoms with Gasteiger partial charge in [-0.15, -0.1) is 10.2 Å². The molecule has 1 saturated carbocycles. The van der Waals surface area contributed by atoms with E-state index in [4.69, 9.17) is 9.87 Å². The number of hydrogen-bond acceptors (Lipinski definition) is 11. The monoisotopic (exact) mass is 468 g/mol. The van der Waals surface area contributed by atoms with Gasteiger partial charge in [-0.2, -0.15) is 9.36 Å². The second-order valence-corrected chi connectivity index (χ2v) is 9.66. The SMILES string of the molecule is C=C(COOC)Sc1nsc(/N=N\c2sc(N(CC)CC)nc2C2CCCCC2)n1. The van der Waals surface area contributed by atoms with Gasteiger partial charge in [0.1, 0.15) is 6.61 Å². The Bertz CT molecular complexity index is 843. The smallest absolute Gasteiger partial charge is 0.250 e.